The van der Waals surface area contributed by atoms with E-state index in [4.69, 9.17) is 0 Å². The van der Waals surface area contributed by atoms with Crippen molar-refractivity contribution >= 4 is 11.8 Å². The normalized spacial score (nSPS) is 35.7. The van der Waals surface area contributed by atoms with Gasteiger partial charge in [-0.1, -0.05) is 0 Å². The number of halogens is 4. The van der Waals surface area contributed by atoms with Crippen molar-refractivity contribution in [1.29, 1.82) is 0 Å². The van der Waals surface area contributed by atoms with Gasteiger partial charge >= 0.3 is 0 Å². The van der Waals surface area contributed by atoms with Crippen LogP contribution in [0.15, 0.2) is 0 Å². The minimum absolute atomic E-state index is 0.388. The van der Waals surface area contributed by atoms with Crippen LogP contribution >= 0.6 is 0 Å². The van der Waals surface area contributed by atoms with E-state index in [1.54, 1.807) is 0 Å². The largest absolute Gasteiger partial charge is 0.268 e. The molecule has 132 valence electrons. The van der Waals surface area contributed by atoms with Crippen molar-refractivity contribution in [1.82, 2.24) is 4.90 Å². The molecule has 4 bridgehead atoms. The van der Waals surface area contributed by atoms with Crippen LogP contribution in [0.3, 0.4) is 0 Å². The molecule has 5 aliphatic rings. The van der Waals surface area contributed by atoms with Crippen molar-refractivity contribution in [2.24, 2.45) is 17.8 Å². The Morgan fingerprint density at radius 2 is 1.04 bits per heavy atom. The second kappa shape index (κ2) is 4.62. The molecular formula is C18H15F4NO2. The first-order chi connectivity index (χ1) is 11.8. The summed E-state index contributed by atoms with van der Waals surface area (Å²) >= 11 is 0. The smallest absolute Gasteiger partial charge is 0.265 e. The highest BCUT2D eigenvalue weighted by Crippen LogP contribution is 2.59. The molecule has 1 aromatic carbocycles. The van der Waals surface area contributed by atoms with Gasteiger partial charge in [-0.05, 0) is 56.3 Å². The zero-order valence-electron chi connectivity index (χ0n) is 13.3. The van der Waals surface area contributed by atoms with Gasteiger partial charge in [0.05, 0.1) is 16.7 Å². The average Bonchev–Trinajstić information content (AvgIpc) is 2.81. The van der Waals surface area contributed by atoms with Crippen LogP contribution < -0.4 is 0 Å². The zero-order valence-corrected chi connectivity index (χ0v) is 13.3. The molecule has 1 aliphatic heterocycles. The fraction of sp³-hybridized carbons (Fsp3) is 0.556. The number of amides is 2. The first-order valence-electron chi connectivity index (χ1n) is 8.57. The number of carbonyl (C=O) groups is 2. The van der Waals surface area contributed by atoms with Crippen molar-refractivity contribution in [2.75, 3.05) is 0 Å². The topological polar surface area (TPSA) is 37.4 Å². The second-order valence-corrected chi connectivity index (χ2v) is 8.09. The van der Waals surface area contributed by atoms with Crippen LogP contribution in [0.25, 0.3) is 0 Å². The third-order valence-corrected chi connectivity index (χ3v) is 6.58. The van der Waals surface area contributed by atoms with Crippen LogP contribution in [0.1, 0.15) is 59.2 Å². The van der Waals surface area contributed by atoms with Crippen LogP contribution in [0, 0.1) is 41.0 Å². The molecule has 0 radical (unpaired) electrons. The van der Waals surface area contributed by atoms with Crippen molar-refractivity contribution < 1.29 is 27.2 Å². The SMILES string of the molecule is O=C1c2c(F)c(F)c(F)c(F)c2C(=O)N1C12CC3CC(CC(C3)C1)C2. The first-order valence-corrected chi connectivity index (χ1v) is 8.57. The third kappa shape index (κ3) is 1.76. The second-order valence-electron chi connectivity index (χ2n) is 8.09. The third-order valence-electron chi connectivity index (χ3n) is 6.58. The van der Waals surface area contributed by atoms with Gasteiger partial charge in [0.25, 0.3) is 11.8 Å². The highest BCUT2D eigenvalue weighted by Gasteiger charge is 2.59. The Bertz CT molecular complexity index is 768. The van der Waals surface area contributed by atoms with Gasteiger partial charge in [-0.25, -0.2) is 17.6 Å². The maximum absolute atomic E-state index is 14.1. The van der Waals surface area contributed by atoms with Crippen LogP contribution in [0.5, 0.6) is 0 Å². The molecule has 0 atom stereocenters. The lowest BCUT2D eigenvalue weighted by Crippen LogP contribution is -2.61. The predicted molar refractivity (Wildman–Crippen MR) is 77.7 cm³/mol. The number of nitrogens with zero attached hydrogens (tertiary/aromatic N) is 1. The molecule has 6 rings (SSSR count). The van der Waals surface area contributed by atoms with Crippen molar-refractivity contribution in [3.8, 4) is 0 Å². The highest BCUT2D eigenvalue weighted by molar-refractivity contribution is 6.22. The summed E-state index contributed by atoms with van der Waals surface area (Å²) in [5, 5.41) is 0. The molecule has 4 aliphatic carbocycles. The zero-order chi connectivity index (χ0) is 17.7. The number of rotatable bonds is 1. The molecule has 0 aromatic heterocycles. The molecule has 1 heterocycles. The summed E-state index contributed by atoms with van der Waals surface area (Å²) in [6.45, 7) is 0. The van der Waals surface area contributed by atoms with E-state index in [-0.39, 0.29) is 0 Å². The van der Waals surface area contributed by atoms with Gasteiger partial charge in [-0.2, -0.15) is 0 Å². The molecule has 0 spiro atoms. The quantitative estimate of drug-likeness (QED) is 0.333. The van der Waals surface area contributed by atoms with Crippen molar-refractivity contribution in [2.45, 2.75) is 44.1 Å². The van der Waals surface area contributed by atoms with Gasteiger partial charge in [-0.15, -0.1) is 0 Å². The molecular weight excluding hydrogens is 338 g/mol. The van der Waals surface area contributed by atoms with E-state index in [1.807, 2.05) is 0 Å². The standard InChI is InChI=1S/C18H15F4NO2/c19-12-10-11(13(20)15(22)14(12)21)17(25)23(16(10)24)18-4-7-1-8(5-18)3-9(2-7)6-18/h7-9H,1-6H2. The summed E-state index contributed by atoms with van der Waals surface area (Å²) in [6.07, 6.45) is 4.98. The van der Waals surface area contributed by atoms with Crippen LogP contribution in [-0.4, -0.2) is 22.3 Å². The molecule has 4 fully saturated rings. The van der Waals surface area contributed by atoms with Crippen LogP contribution in [-0.2, 0) is 0 Å². The van der Waals surface area contributed by atoms with E-state index in [0.717, 1.165) is 24.2 Å². The monoisotopic (exact) mass is 353 g/mol. The Morgan fingerprint density at radius 1 is 0.680 bits per heavy atom. The van der Waals surface area contributed by atoms with Gasteiger partial charge in [0, 0.05) is 0 Å². The van der Waals surface area contributed by atoms with E-state index in [2.05, 4.69) is 0 Å². The summed E-state index contributed by atoms with van der Waals surface area (Å²) in [5.41, 5.74) is -2.69. The summed E-state index contributed by atoms with van der Waals surface area (Å²) in [5.74, 6) is -8.56. The predicted octanol–water partition coefficient (Wildman–Crippen LogP) is 3.81. The summed E-state index contributed by atoms with van der Waals surface area (Å²) in [6, 6.07) is 0. The molecule has 25 heavy (non-hydrogen) atoms. The summed E-state index contributed by atoms with van der Waals surface area (Å²) in [4.78, 5) is 26.5. The first kappa shape index (κ1) is 15.3. The molecule has 3 nitrogen and oxygen atoms in total. The number of imide groups is 1. The van der Waals surface area contributed by atoms with Crippen molar-refractivity contribution in [3.05, 3.63) is 34.4 Å². The van der Waals surface area contributed by atoms with Gasteiger partial charge < -0.3 is 0 Å². The van der Waals surface area contributed by atoms with E-state index < -0.39 is 51.7 Å². The Labute approximate surface area is 141 Å². The molecule has 7 heteroatoms. The Balaban J connectivity index is 1.66. The molecule has 2 amide bonds. The lowest BCUT2D eigenvalue weighted by molar-refractivity contribution is -0.0621. The summed E-state index contributed by atoms with van der Waals surface area (Å²) in [7, 11) is 0. The van der Waals surface area contributed by atoms with E-state index in [1.165, 1.54) is 0 Å². The Hall–Kier alpha value is -1.92. The van der Waals surface area contributed by atoms with E-state index >= 15 is 0 Å². The van der Waals surface area contributed by atoms with Gasteiger partial charge in [0.1, 0.15) is 0 Å². The minimum Gasteiger partial charge on any atom is -0.268 e. The van der Waals surface area contributed by atoms with E-state index in [9.17, 15) is 27.2 Å². The lowest BCUT2D eigenvalue weighted by Gasteiger charge is -2.59. The number of carbonyl (C=O) groups excluding carboxylic acids is 2. The van der Waals surface area contributed by atoms with Gasteiger partial charge in [-0.3, -0.25) is 14.5 Å². The lowest BCUT2D eigenvalue weighted by atomic mass is 9.52. The fourth-order valence-electron chi connectivity index (χ4n) is 6.12. The number of fused-ring (bicyclic) bond motifs is 1. The molecule has 0 N–H and O–H groups in total. The maximum Gasteiger partial charge on any atom is 0.265 e. The number of hydrogen-bond donors (Lipinski definition) is 0. The average molecular weight is 353 g/mol. The highest BCUT2D eigenvalue weighted by atomic mass is 19.2. The number of benzene rings is 1. The van der Waals surface area contributed by atoms with Crippen LogP contribution in [0.4, 0.5) is 17.6 Å². The van der Waals surface area contributed by atoms with E-state index in [0.29, 0.717) is 37.0 Å². The number of hydrogen-bond acceptors (Lipinski definition) is 2. The fourth-order valence-corrected chi connectivity index (χ4v) is 6.12. The summed E-state index contributed by atoms with van der Waals surface area (Å²) < 4.78 is 55.4. The maximum atomic E-state index is 14.1. The van der Waals surface area contributed by atoms with Crippen molar-refractivity contribution in [3.63, 3.8) is 0 Å². The van der Waals surface area contributed by atoms with Crippen LogP contribution in [0.2, 0.25) is 0 Å². The van der Waals surface area contributed by atoms with Gasteiger partial charge in [0.2, 0.25) is 0 Å². The Kier molecular flexibility index (Phi) is 2.84. The molecule has 1 aromatic rings. The Morgan fingerprint density at radius 3 is 1.40 bits per heavy atom. The minimum atomic E-state index is -2.05. The molecule has 0 saturated heterocycles. The molecule has 0 unspecified atom stereocenters. The molecule has 4 saturated carbocycles. The van der Waals surface area contributed by atoms with Gasteiger partial charge in [0.15, 0.2) is 23.3 Å².